The van der Waals surface area contributed by atoms with Gasteiger partial charge in [0.2, 0.25) is 5.91 Å². The molecule has 0 saturated carbocycles. The maximum Gasteiger partial charge on any atom is 0.242 e. The minimum Gasteiger partial charge on any atom is -0.508 e. The first-order chi connectivity index (χ1) is 9.61. The number of hydrogen-bond acceptors (Lipinski definition) is 4. The Hall–Kier alpha value is -2.30. The number of amides is 1. The first-order valence-electron chi connectivity index (χ1n) is 6.73. The van der Waals surface area contributed by atoms with E-state index in [1.165, 1.54) is 0 Å². The fourth-order valence-corrected chi connectivity index (χ4v) is 1.94. The van der Waals surface area contributed by atoms with Crippen molar-refractivity contribution in [3.05, 3.63) is 30.5 Å². The summed E-state index contributed by atoms with van der Waals surface area (Å²) in [5.41, 5.74) is 0. The SMILES string of the molecule is CCCNC(=O)C(C)Nc1nccc2ccc(O)cc12. The lowest BCUT2D eigenvalue weighted by molar-refractivity contribution is -0.121. The van der Waals surface area contributed by atoms with Gasteiger partial charge in [0.15, 0.2) is 0 Å². The van der Waals surface area contributed by atoms with E-state index in [0.717, 1.165) is 17.2 Å². The molecule has 1 aromatic heterocycles. The third-order valence-electron chi connectivity index (χ3n) is 3.05. The van der Waals surface area contributed by atoms with Gasteiger partial charge in [0.05, 0.1) is 0 Å². The number of phenolic OH excluding ortho intramolecular Hbond substituents is 1. The molecule has 1 atom stereocenters. The van der Waals surface area contributed by atoms with Crippen molar-refractivity contribution in [2.45, 2.75) is 26.3 Å². The third-order valence-corrected chi connectivity index (χ3v) is 3.05. The molecule has 2 aromatic rings. The van der Waals surface area contributed by atoms with E-state index in [9.17, 15) is 9.90 Å². The molecule has 0 aliphatic carbocycles. The number of nitrogens with zero attached hydrogens (tertiary/aromatic N) is 1. The minimum atomic E-state index is -0.387. The Morgan fingerprint density at radius 1 is 1.40 bits per heavy atom. The van der Waals surface area contributed by atoms with Gasteiger partial charge in [0.25, 0.3) is 0 Å². The van der Waals surface area contributed by atoms with Gasteiger partial charge >= 0.3 is 0 Å². The predicted octanol–water partition coefficient (Wildman–Crippen LogP) is 2.27. The third kappa shape index (κ3) is 3.17. The second-order valence-electron chi connectivity index (χ2n) is 4.72. The van der Waals surface area contributed by atoms with E-state index in [4.69, 9.17) is 0 Å². The lowest BCUT2D eigenvalue weighted by atomic mass is 10.1. The Balaban J connectivity index is 2.21. The van der Waals surface area contributed by atoms with Crippen LogP contribution < -0.4 is 10.6 Å². The van der Waals surface area contributed by atoms with E-state index >= 15 is 0 Å². The molecular weight excluding hydrogens is 254 g/mol. The first-order valence-corrected chi connectivity index (χ1v) is 6.73. The number of carbonyl (C=O) groups is 1. The predicted molar refractivity (Wildman–Crippen MR) is 79.8 cm³/mol. The van der Waals surface area contributed by atoms with Gasteiger partial charge in [-0.2, -0.15) is 0 Å². The second kappa shape index (κ2) is 6.23. The summed E-state index contributed by atoms with van der Waals surface area (Å²) in [5, 5.41) is 17.3. The van der Waals surface area contributed by atoms with Gasteiger partial charge in [-0.05, 0) is 36.9 Å². The van der Waals surface area contributed by atoms with Crippen molar-refractivity contribution in [3.8, 4) is 5.75 Å². The average Bonchev–Trinajstić information content (AvgIpc) is 2.45. The van der Waals surface area contributed by atoms with E-state index in [-0.39, 0.29) is 17.7 Å². The highest BCUT2D eigenvalue weighted by atomic mass is 16.3. The standard InChI is InChI=1S/C15H19N3O2/c1-3-7-17-15(20)10(2)18-14-13-9-12(19)5-4-11(13)6-8-16-14/h4-6,8-10,19H,3,7H2,1-2H3,(H,16,18)(H,17,20). The molecule has 0 fully saturated rings. The van der Waals surface area contributed by atoms with Crippen molar-refractivity contribution in [3.63, 3.8) is 0 Å². The molecule has 2 rings (SSSR count). The van der Waals surface area contributed by atoms with Crippen molar-refractivity contribution in [1.29, 1.82) is 0 Å². The molecule has 0 aliphatic heterocycles. The van der Waals surface area contributed by atoms with Crippen molar-refractivity contribution in [2.75, 3.05) is 11.9 Å². The number of aromatic nitrogens is 1. The molecule has 5 heteroatoms. The molecule has 20 heavy (non-hydrogen) atoms. The topological polar surface area (TPSA) is 74.2 Å². The Labute approximate surface area is 118 Å². The number of hydrogen-bond donors (Lipinski definition) is 3. The van der Waals surface area contributed by atoms with Gasteiger partial charge in [-0.15, -0.1) is 0 Å². The summed E-state index contributed by atoms with van der Waals surface area (Å²) in [6.07, 6.45) is 2.58. The largest absolute Gasteiger partial charge is 0.508 e. The zero-order chi connectivity index (χ0) is 14.5. The Morgan fingerprint density at radius 3 is 2.95 bits per heavy atom. The monoisotopic (exact) mass is 273 g/mol. The van der Waals surface area contributed by atoms with Gasteiger partial charge in [-0.1, -0.05) is 13.0 Å². The first kappa shape index (κ1) is 14.1. The van der Waals surface area contributed by atoms with Crippen LogP contribution in [-0.2, 0) is 4.79 Å². The number of pyridine rings is 1. The highest BCUT2D eigenvalue weighted by Gasteiger charge is 2.13. The molecule has 1 unspecified atom stereocenters. The average molecular weight is 273 g/mol. The van der Waals surface area contributed by atoms with Gasteiger partial charge in [-0.25, -0.2) is 4.98 Å². The van der Waals surface area contributed by atoms with Gasteiger partial charge < -0.3 is 15.7 Å². The number of fused-ring (bicyclic) bond motifs is 1. The summed E-state index contributed by atoms with van der Waals surface area (Å²) in [6.45, 7) is 4.45. The van der Waals surface area contributed by atoms with Crippen molar-refractivity contribution < 1.29 is 9.90 Å². The fraction of sp³-hybridized carbons (Fsp3) is 0.333. The quantitative estimate of drug-likeness (QED) is 0.781. The van der Waals surface area contributed by atoms with Crippen LogP contribution in [0.2, 0.25) is 0 Å². The van der Waals surface area contributed by atoms with E-state index in [1.807, 2.05) is 19.1 Å². The molecule has 0 spiro atoms. The van der Waals surface area contributed by atoms with Gasteiger partial charge in [0, 0.05) is 18.1 Å². The lowest BCUT2D eigenvalue weighted by Gasteiger charge is -2.15. The summed E-state index contributed by atoms with van der Waals surface area (Å²) in [6, 6.07) is 6.56. The molecule has 0 radical (unpaired) electrons. The molecule has 106 valence electrons. The number of benzene rings is 1. The normalized spacial score (nSPS) is 12.1. The van der Waals surface area contributed by atoms with Crippen LogP contribution in [0.4, 0.5) is 5.82 Å². The van der Waals surface area contributed by atoms with Crippen LogP contribution in [-0.4, -0.2) is 28.6 Å². The van der Waals surface area contributed by atoms with Crippen LogP contribution >= 0.6 is 0 Å². The number of aromatic hydroxyl groups is 1. The Kier molecular flexibility index (Phi) is 4.40. The van der Waals surface area contributed by atoms with Crippen molar-refractivity contribution in [2.24, 2.45) is 0 Å². The van der Waals surface area contributed by atoms with E-state index in [0.29, 0.717) is 12.4 Å². The summed E-state index contributed by atoms with van der Waals surface area (Å²) in [4.78, 5) is 16.1. The summed E-state index contributed by atoms with van der Waals surface area (Å²) >= 11 is 0. The number of anilines is 1. The maximum atomic E-state index is 11.9. The maximum absolute atomic E-state index is 11.9. The number of phenols is 1. The van der Waals surface area contributed by atoms with E-state index < -0.39 is 0 Å². The molecule has 0 saturated heterocycles. The Morgan fingerprint density at radius 2 is 2.20 bits per heavy atom. The highest BCUT2D eigenvalue weighted by Crippen LogP contribution is 2.25. The fourth-order valence-electron chi connectivity index (χ4n) is 1.94. The number of carbonyl (C=O) groups excluding carboxylic acids is 1. The van der Waals surface area contributed by atoms with Crippen LogP contribution in [0.3, 0.4) is 0 Å². The molecule has 0 bridgehead atoms. The molecular formula is C15H19N3O2. The van der Waals surface area contributed by atoms with Crippen LogP contribution in [0, 0.1) is 0 Å². The van der Waals surface area contributed by atoms with Crippen LogP contribution in [0.15, 0.2) is 30.5 Å². The van der Waals surface area contributed by atoms with Gasteiger partial charge in [-0.3, -0.25) is 4.79 Å². The van der Waals surface area contributed by atoms with E-state index in [2.05, 4.69) is 15.6 Å². The van der Waals surface area contributed by atoms with Crippen molar-refractivity contribution in [1.82, 2.24) is 10.3 Å². The lowest BCUT2D eigenvalue weighted by Crippen LogP contribution is -2.38. The summed E-state index contributed by atoms with van der Waals surface area (Å²) in [7, 11) is 0. The smallest absolute Gasteiger partial charge is 0.242 e. The summed E-state index contributed by atoms with van der Waals surface area (Å²) < 4.78 is 0. The van der Waals surface area contributed by atoms with Gasteiger partial charge in [0.1, 0.15) is 17.6 Å². The van der Waals surface area contributed by atoms with E-state index in [1.54, 1.807) is 25.3 Å². The number of rotatable bonds is 5. The van der Waals surface area contributed by atoms with Crippen molar-refractivity contribution >= 4 is 22.5 Å². The molecule has 0 aliphatic rings. The summed E-state index contributed by atoms with van der Waals surface area (Å²) in [5.74, 6) is 0.708. The minimum absolute atomic E-state index is 0.0641. The molecule has 1 aromatic carbocycles. The highest BCUT2D eigenvalue weighted by molar-refractivity contribution is 5.94. The zero-order valence-electron chi connectivity index (χ0n) is 11.7. The number of nitrogens with one attached hydrogen (secondary N) is 2. The van der Waals surface area contributed by atoms with Crippen LogP contribution in [0.5, 0.6) is 5.75 Å². The molecule has 1 heterocycles. The zero-order valence-corrected chi connectivity index (χ0v) is 11.7. The van der Waals surface area contributed by atoms with Crippen LogP contribution in [0.1, 0.15) is 20.3 Å². The molecule has 3 N–H and O–H groups in total. The molecule has 5 nitrogen and oxygen atoms in total. The Bertz CT molecular complexity index is 613. The molecule has 1 amide bonds. The second-order valence-corrected chi connectivity index (χ2v) is 4.72. The van der Waals surface area contributed by atoms with Crippen LogP contribution in [0.25, 0.3) is 10.8 Å².